The zero-order chi connectivity index (χ0) is 29.3. The molecule has 3 rings (SSSR count). The zero-order valence-electron chi connectivity index (χ0n) is 24.0. The highest BCUT2D eigenvalue weighted by Gasteiger charge is 2.50. The quantitative estimate of drug-likeness (QED) is 0.301. The molecule has 40 heavy (non-hydrogen) atoms. The van der Waals surface area contributed by atoms with E-state index >= 15 is 0 Å². The van der Waals surface area contributed by atoms with Crippen molar-refractivity contribution in [1.82, 2.24) is 20.9 Å². The van der Waals surface area contributed by atoms with Crippen LogP contribution >= 0.6 is 0 Å². The number of rotatable bonds is 13. The summed E-state index contributed by atoms with van der Waals surface area (Å²) in [6, 6.07) is 15.8. The summed E-state index contributed by atoms with van der Waals surface area (Å²) in [5, 5.41) is 17.3. The second-order valence-corrected chi connectivity index (χ2v) is 10.6. The fraction of sp³-hybridized carbons (Fsp3) is 0.467. The third-order valence-corrected chi connectivity index (χ3v) is 6.97. The molecule has 1 aliphatic heterocycles. The van der Waals surface area contributed by atoms with Gasteiger partial charge in [0.05, 0.1) is 14.2 Å². The molecule has 1 fully saturated rings. The second kappa shape index (κ2) is 13.8. The lowest BCUT2D eigenvalue weighted by Crippen LogP contribution is -2.50. The second-order valence-electron chi connectivity index (χ2n) is 10.6. The average Bonchev–Trinajstić information content (AvgIpc) is 3.17. The number of hydrogen-bond acceptors (Lipinski definition) is 6. The van der Waals surface area contributed by atoms with Crippen LogP contribution < -0.4 is 20.7 Å². The van der Waals surface area contributed by atoms with Crippen LogP contribution in [-0.4, -0.2) is 61.6 Å². The summed E-state index contributed by atoms with van der Waals surface area (Å²) in [7, 11) is 2.81. The van der Waals surface area contributed by atoms with Crippen LogP contribution in [0.4, 0.5) is 4.79 Å². The number of nitrogens with one attached hydrogen (secondary N) is 4. The van der Waals surface area contributed by atoms with E-state index in [1.54, 1.807) is 13.2 Å². The SMILES string of the molecule is COC(=O)N[C@@H](Cc1cccc(OC)c1)C(=O)NC(C)CCCN1C(=N)NC(CC(C)C)(c2ccccc2)C1=O. The van der Waals surface area contributed by atoms with Crippen LogP contribution in [0, 0.1) is 11.3 Å². The van der Waals surface area contributed by atoms with Gasteiger partial charge in [-0.25, -0.2) is 4.79 Å². The van der Waals surface area contributed by atoms with Crippen molar-refractivity contribution in [2.24, 2.45) is 5.92 Å². The first-order valence-electron chi connectivity index (χ1n) is 13.6. The molecule has 1 heterocycles. The van der Waals surface area contributed by atoms with E-state index in [9.17, 15) is 14.4 Å². The molecular weight excluding hydrogens is 510 g/mol. The maximum absolute atomic E-state index is 13.7. The Morgan fingerprint density at radius 2 is 1.77 bits per heavy atom. The predicted octanol–water partition coefficient (Wildman–Crippen LogP) is 3.56. The molecule has 4 N–H and O–H groups in total. The van der Waals surface area contributed by atoms with Gasteiger partial charge in [-0.2, -0.15) is 0 Å². The van der Waals surface area contributed by atoms with Crippen molar-refractivity contribution >= 4 is 23.9 Å². The van der Waals surface area contributed by atoms with Crippen LogP contribution in [0.1, 0.15) is 51.2 Å². The Morgan fingerprint density at radius 1 is 1.05 bits per heavy atom. The monoisotopic (exact) mass is 551 g/mol. The minimum atomic E-state index is -0.959. The standard InChI is InChI=1S/C30H41N5O5/c1-20(2)19-30(23-13-7-6-8-14-23)27(37)35(28(31)34-30)16-10-11-21(3)32-26(36)25(33-29(38)40-5)18-22-12-9-15-24(17-22)39-4/h6-9,12-15,17,20-21,25H,10-11,16,18-19H2,1-5H3,(H2,31,34)(H,32,36)(H,33,38)/t21?,25-,30?/m0/s1. The predicted molar refractivity (Wildman–Crippen MR) is 153 cm³/mol. The highest BCUT2D eigenvalue weighted by molar-refractivity contribution is 6.08. The Balaban J connectivity index is 1.60. The maximum atomic E-state index is 13.7. The van der Waals surface area contributed by atoms with E-state index in [-0.39, 0.29) is 36.2 Å². The molecule has 10 heteroatoms. The van der Waals surface area contributed by atoms with Crippen LogP contribution in [-0.2, 0) is 26.3 Å². The average molecular weight is 552 g/mol. The lowest BCUT2D eigenvalue weighted by molar-refractivity contribution is -0.132. The number of hydrogen-bond donors (Lipinski definition) is 4. The van der Waals surface area contributed by atoms with Gasteiger partial charge in [0.2, 0.25) is 5.91 Å². The summed E-state index contributed by atoms with van der Waals surface area (Å²) in [5.74, 6) is 0.515. The van der Waals surface area contributed by atoms with E-state index in [0.717, 1.165) is 11.1 Å². The van der Waals surface area contributed by atoms with Gasteiger partial charge in [0.15, 0.2) is 5.96 Å². The number of alkyl carbamates (subject to hydrolysis) is 1. The molecule has 216 valence electrons. The summed E-state index contributed by atoms with van der Waals surface area (Å²) >= 11 is 0. The summed E-state index contributed by atoms with van der Waals surface area (Å²) in [4.78, 5) is 40.2. The fourth-order valence-corrected chi connectivity index (χ4v) is 5.07. The van der Waals surface area contributed by atoms with Gasteiger partial charge in [-0.05, 0) is 55.4 Å². The molecule has 1 saturated heterocycles. The van der Waals surface area contributed by atoms with Gasteiger partial charge in [0.25, 0.3) is 5.91 Å². The Labute approximate surface area is 236 Å². The highest BCUT2D eigenvalue weighted by Crippen LogP contribution is 2.35. The molecule has 3 atom stereocenters. The molecule has 0 radical (unpaired) electrons. The van der Waals surface area contributed by atoms with Crippen molar-refractivity contribution in [1.29, 1.82) is 5.41 Å². The Hall–Kier alpha value is -4.08. The lowest BCUT2D eigenvalue weighted by Gasteiger charge is -2.29. The van der Waals surface area contributed by atoms with Gasteiger partial charge in [-0.3, -0.25) is 19.9 Å². The normalized spacial score (nSPS) is 18.2. The Morgan fingerprint density at radius 3 is 2.42 bits per heavy atom. The molecule has 0 aromatic heterocycles. The number of nitrogens with zero attached hydrogens (tertiary/aromatic N) is 1. The van der Waals surface area contributed by atoms with E-state index in [4.69, 9.17) is 14.9 Å². The minimum absolute atomic E-state index is 0.0897. The summed E-state index contributed by atoms with van der Waals surface area (Å²) in [6.45, 7) is 6.35. The van der Waals surface area contributed by atoms with Gasteiger partial charge in [0.1, 0.15) is 17.3 Å². The van der Waals surface area contributed by atoms with Crippen molar-refractivity contribution in [3.8, 4) is 5.75 Å². The van der Waals surface area contributed by atoms with E-state index in [0.29, 0.717) is 31.6 Å². The molecule has 0 bridgehead atoms. The maximum Gasteiger partial charge on any atom is 0.407 e. The molecule has 2 aromatic rings. The first-order valence-corrected chi connectivity index (χ1v) is 13.6. The third kappa shape index (κ3) is 7.52. The first kappa shape index (κ1) is 30.5. The highest BCUT2D eigenvalue weighted by atomic mass is 16.5. The molecule has 0 saturated carbocycles. The molecular formula is C30H41N5O5. The Bertz CT molecular complexity index is 1190. The van der Waals surface area contributed by atoms with Gasteiger partial charge < -0.3 is 25.4 Å². The topological polar surface area (TPSA) is 133 Å². The first-order chi connectivity index (χ1) is 19.1. The number of guanidine groups is 1. The van der Waals surface area contributed by atoms with Crippen LogP contribution in [0.3, 0.4) is 0 Å². The molecule has 0 spiro atoms. The van der Waals surface area contributed by atoms with Crippen LogP contribution in [0.15, 0.2) is 54.6 Å². The van der Waals surface area contributed by atoms with Crippen LogP contribution in [0.5, 0.6) is 5.75 Å². The van der Waals surface area contributed by atoms with Gasteiger partial charge in [0, 0.05) is 19.0 Å². The number of carbonyl (C=O) groups is 3. The molecule has 2 aromatic carbocycles. The fourth-order valence-electron chi connectivity index (χ4n) is 5.07. The number of carbonyl (C=O) groups excluding carboxylic acids is 3. The van der Waals surface area contributed by atoms with Crippen LogP contribution in [0.2, 0.25) is 0 Å². The van der Waals surface area contributed by atoms with Crippen molar-refractivity contribution in [2.75, 3.05) is 20.8 Å². The Kier molecular flexibility index (Phi) is 10.5. The molecule has 2 unspecified atom stereocenters. The van der Waals surface area contributed by atoms with E-state index in [1.807, 2.05) is 55.5 Å². The number of benzene rings is 2. The number of amides is 3. The molecule has 1 aliphatic rings. The third-order valence-electron chi connectivity index (χ3n) is 6.97. The van der Waals surface area contributed by atoms with Crippen molar-refractivity contribution in [3.63, 3.8) is 0 Å². The largest absolute Gasteiger partial charge is 0.497 e. The lowest BCUT2D eigenvalue weighted by atomic mass is 9.82. The van der Waals surface area contributed by atoms with E-state index < -0.39 is 17.7 Å². The number of methoxy groups -OCH3 is 2. The van der Waals surface area contributed by atoms with Gasteiger partial charge in [-0.15, -0.1) is 0 Å². The zero-order valence-corrected chi connectivity index (χ0v) is 24.0. The summed E-state index contributed by atoms with van der Waals surface area (Å²) in [6.07, 6.45) is 1.29. The summed E-state index contributed by atoms with van der Waals surface area (Å²) in [5.41, 5.74) is 0.714. The van der Waals surface area contributed by atoms with Crippen molar-refractivity contribution < 1.29 is 23.9 Å². The number of ether oxygens (including phenoxy) is 2. The molecule has 3 amide bonds. The minimum Gasteiger partial charge on any atom is -0.497 e. The van der Waals surface area contributed by atoms with Crippen molar-refractivity contribution in [3.05, 3.63) is 65.7 Å². The van der Waals surface area contributed by atoms with Gasteiger partial charge >= 0.3 is 6.09 Å². The van der Waals surface area contributed by atoms with E-state index in [1.165, 1.54) is 12.0 Å². The van der Waals surface area contributed by atoms with Gasteiger partial charge in [-0.1, -0.05) is 56.3 Å². The van der Waals surface area contributed by atoms with Crippen LogP contribution in [0.25, 0.3) is 0 Å². The summed E-state index contributed by atoms with van der Waals surface area (Å²) < 4.78 is 9.98. The molecule has 10 nitrogen and oxygen atoms in total. The van der Waals surface area contributed by atoms with Crippen molar-refractivity contribution in [2.45, 2.75) is 64.1 Å². The smallest absolute Gasteiger partial charge is 0.407 e. The molecule has 0 aliphatic carbocycles. The van der Waals surface area contributed by atoms with E-state index in [2.05, 4.69) is 29.8 Å².